The van der Waals surface area contributed by atoms with Gasteiger partial charge in [0.05, 0.1) is 0 Å². The summed E-state index contributed by atoms with van der Waals surface area (Å²) >= 11 is 1.75. The van der Waals surface area contributed by atoms with Crippen LogP contribution < -0.4 is 4.90 Å². The van der Waals surface area contributed by atoms with E-state index in [1.165, 1.54) is 0 Å². The molecule has 0 unspecified atom stereocenters. The predicted octanol–water partition coefficient (Wildman–Crippen LogP) is 4.45. The summed E-state index contributed by atoms with van der Waals surface area (Å²) in [7, 11) is 0. The molecule has 0 aromatic carbocycles. The van der Waals surface area contributed by atoms with Crippen molar-refractivity contribution in [3.05, 3.63) is 23.4 Å². The van der Waals surface area contributed by atoms with E-state index in [2.05, 4.69) is 12.1 Å². The Morgan fingerprint density at radius 1 is 1.27 bits per heavy atom. The minimum Gasteiger partial charge on any atom is -0.443 e. The maximum Gasteiger partial charge on any atom is 0.416 e. The zero-order valence-electron chi connectivity index (χ0n) is 16.9. The van der Waals surface area contributed by atoms with Gasteiger partial charge in [-0.25, -0.2) is 9.78 Å². The van der Waals surface area contributed by atoms with Crippen LogP contribution in [0.4, 0.5) is 10.6 Å². The summed E-state index contributed by atoms with van der Waals surface area (Å²) < 4.78 is 5.51. The molecule has 0 atom stereocenters. The van der Waals surface area contributed by atoms with Crippen LogP contribution in [0.5, 0.6) is 0 Å². The van der Waals surface area contributed by atoms with E-state index in [1.54, 1.807) is 16.7 Å². The Hall–Kier alpha value is -1.27. The van der Waals surface area contributed by atoms with Crippen LogP contribution in [-0.2, 0) is 17.6 Å². The number of ether oxygens (including phenoxy) is 1. The van der Waals surface area contributed by atoms with Crippen molar-refractivity contribution < 1.29 is 14.6 Å². The second-order valence-corrected chi connectivity index (χ2v) is 8.28. The standard InChI is InChI=1S/C18H28N2O3.C2H6S/c1-18(2,3)23-17(22)20-12-7-8-14-10-11-15(19-16(14)20)9-5-4-6-13-21;1-3-2/h10-11,21H,4-9,12-13H2,1-3H3;1-2H3. The molecule has 26 heavy (non-hydrogen) atoms. The minimum absolute atomic E-state index is 0.240. The number of aryl methyl sites for hydroxylation is 2. The van der Waals surface area contributed by atoms with Crippen LogP contribution in [0.25, 0.3) is 0 Å². The zero-order chi connectivity index (χ0) is 19.6. The molecule has 0 saturated carbocycles. The number of anilines is 1. The van der Waals surface area contributed by atoms with E-state index in [9.17, 15) is 4.79 Å². The maximum absolute atomic E-state index is 12.4. The number of thioether (sulfide) groups is 1. The van der Waals surface area contributed by atoms with E-state index in [1.807, 2.05) is 33.3 Å². The highest BCUT2D eigenvalue weighted by molar-refractivity contribution is 7.97. The maximum atomic E-state index is 12.4. The molecule has 0 aliphatic carbocycles. The van der Waals surface area contributed by atoms with Crippen LogP contribution in [0.1, 0.15) is 57.7 Å². The lowest BCUT2D eigenvalue weighted by molar-refractivity contribution is 0.0576. The SMILES string of the molecule is CC(C)(C)OC(=O)N1CCCc2ccc(CCCCCO)nc21.CSC. The van der Waals surface area contributed by atoms with Gasteiger partial charge in [0.1, 0.15) is 11.4 Å². The second kappa shape index (κ2) is 11.4. The lowest BCUT2D eigenvalue weighted by Gasteiger charge is -2.31. The number of nitrogens with zero attached hydrogens (tertiary/aromatic N) is 2. The number of amides is 1. The number of hydrogen-bond acceptors (Lipinski definition) is 5. The highest BCUT2D eigenvalue weighted by atomic mass is 32.2. The fourth-order valence-electron chi connectivity index (χ4n) is 2.71. The molecule has 0 saturated heterocycles. The number of pyridine rings is 1. The van der Waals surface area contributed by atoms with Crippen LogP contribution in [0, 0.1) is 0 Å². The first-order valence-corrected chi connectivity index (χ1v) is 11.0. The average Bonchev–Trinajstić information content (AvgIpc) is 2.57. The van der Waals surface area contributed by atoms with Crippen molar-refractivity contribution in [3.8, 4) is 0 Å². The Labute approximate surface area is 162 Å². The van der Waals surface area contributed by atoms with Crippen molar-refractivity contribution in [2.75, 3.05) is 30.6 Å². The summed E-state index contributed by atoms with van der Waals surface area (Å²) in [6.07, 6.45) is 9.34. The van der Waals surface area contributed by atoms with Gasteiger partial charge in [-0.2, -0.15) is 11.8 Å². The normalized spacial score (nSPS) is 13.5. The van der Waals surface area contributed by atoms with Crippen molar-refractivity contribution in [3.63, 3.8) is 0 Å². The largest absolute Gasteiger partial charge is 0.443 e. The summed E-state index contributed by atoms with van der Waals surface area (Å²) in [6, 6.07) is 4.14. The molecule has 6 heteroatoms. The van der Waals surface area contributed by atoms with Gasteiger partial charge < -0.3 is 9.84 Å². The molecule has 0 spiro atoms. The summed E-state index contributed by atoms with van der Waals surface area (Å²) in [6.45, 7) is 6.52. The summed E-state index contributed by atoms with van der Waals surface area (Å²) in [5.41, 5.74) is 1.61. The number of aliphatic hydroxyl groups excluding tert-OH is 1. The molecular formula is C20H34N2O3S. The molecule has 1 amide bonds. The summed E-state index contributed by atoms with van der Waals surface area (Å²) in [4.78, 5) is 18.8. The monoisotopic (exact) mass is 382 g/mol. The number of aromatic nitrogens is 1. The molecule has 1 N–H and O–H groups in total. The minimum atomic E-state index is -0.503. The Morgan fingerprint density at radius 3 is 2.58 bits per heavy atom. The summed E-state index contributed by atoms with van der Waals surface area (Å²) in [5.74, 6) is 0.755. The fourth-order valence-corrected chi connectivity index (χ4v) is 2.71. The van der Waals surface area contributed by atoms with Gasteiger partial charge in [0.15, 0.2) is 0 Å². The van der Waals surface area contributed by atoms with Crippen molar-refractivity contribution in [2.45, 2.75) is 64.9 Å². The highest BCUT2D eigenvalue weighted by Crippen LogP contribution is 2.27. The van der Waals surface area contributed by atoms with E-state index in [4.69, 9.17) is 14.8 Å². The van der Waals surface area contributed by atoms with Gasteiger partial charge in [-0.15, -0.1) is 0 Å². The van der Waals surface area contributed by atoms with Crippen LogP contribution in [0.3, 0.4) is 0 Å². The third kappa shape index (κ3) is 7.96. The van der Waals surface area contributed by atoms with Crippen molar-refractivity contribution in [2.24, 2.45) is 0 Å². The first kappa shape index (κ1) is 22.8. The smallest absolute Gasteiger partial charge is 0.416 e. The van der Waals surface area contributed by atoms with Crippen LogP contribution >= 0.6 is 11.8 Å². The van der Waals surface area contributed by atoms with E-state index in [-0.39, 0.29) is 12.7 Å². The number of carbonyl (C=O) groups excluding carboxylic acids is 1. The number of aliphatic hydroxyl groups is 1. The van der Waals surface area contributed by atoms with E-state index < -0.39 is 5.60 Å². The summed E-state index contributed by atoms with van der Waals surface area (Å²) in [5, 5.41) is 8.84. The van der Waals surface area contributed by atoms with Crippen molar-refractivity contribution in [1.29, 1.82) is 0 Å². The number of hydrogen-bond donors (Lipinski definition) is 1. The van der Waals surface area contributed by atoms with E-state index in [0.29, 0.717) is 6.54 Å². The third-order valence-corrected chi connectivity index (χ3v) is 3.80. The number of unbranched alkanes of at least 4 members (excludes halogenated alkanes) is 2. The fraction of sp³-hybridized carbons (Fsp3) is 0.700. The van der Waals surface area contributed by atoms with Gasteiger partial charge in [0.2, 0.25) is 0 Å². The number of carbonyl (C=O) groups is 1. The van der Waals surface area contributed by atoms with Gasteiger partial charge in [-0.1, -0.05) is 12.5 Å². The molecule has 2 heterocycles. The molecule has 5 nitrogen and oxygen atoms in total. The Balaban J connectivity index is 0.00000105. The lowest BCUT2D eigenvalue weighted by atomic mass is 10.0. The van der Waals surface area contributed by atoms with Crippen LogP contribution in [0.15, 0.2) is 12.1 Å². The molecule has 1 aromatic rings. The van der Waals surface area contributed by atoms with E-state index in [0.717, 1.165) is 55.6 Å². The third-order valence-electron chi connectivity index (χ3n) is 3.80. The van der Waals surface area contributed by atoms with E-state index >= 15 is 0 Å². The quantitative estimate of drug-likeness (QED) is 0.762. The molecule has 148 valence electrons. The second-order valence-electron chi connectivity index (χ2n) is 7.46. The molecule has 1 aliphatic heterocycles. The van der Waals surface area contributed by atoms with Gasteiger partial charge in [0.25, 0.3) is 0 Å². The molecule has 0 fully saturated rings. The topological polar surface area (TPSA) is 62.7 Å². The molecular weight excluding hydrogens is 348 g/mol. The predicted molar refractivity (Wildman–Crippen MR) is 110 cm³/mol. The number of fused-ring (bicyclic) bond motifs is 1. The van der Waals surface area contributed by atoms with Crippen LogP contribution in [0.2, 0.25) is 0 Å². The van der Waals surface area contributed by atoms with Gasteiger partial charge >= 0.3 is 6.09 Å². The first-order chi connectivity index (χ1) is 12.3. The molecule has 1 aromatic heterocycles. The average molecular weight is 383 g/mol. The molecule has 0 radical (unpaired) electrons. The Kier molecular flexibility index (Phi) is 10.0. The van der Waals surface area contributed by atoms with Crippen molar-refractivity contribution >= 4 is 23.7 Å². The molecule has 0 bridgehead atoms. The van der Waals surface area contributed by atoms with Crippen molar-refractivity contribution in [1.82, 2.24) is 4.98 Å². The van der Waals surface area contributed by atoms with Gasteiger partial charge in [-0.3, -0.25) is 4.90 Å². The van der Waals surface area contributed by atoms with Crippen LogP contribution in [-0.4, -0.2) is 47.4 Å². The molecule has 1 aliphatic rings. The van der Waals surface area contributed by atoms with Gasteiger partial charge in [-0.05, 0) is 77.0 Å². The molecule has 2 rings (SSSR count). The Bertz CT molecular complexity index is 558. The number of rotatable bonds is 5. The Morgan fingerprint density at radius 2 is 1.96 bits per heavy atom. The first-order valence-electron chi connectivity index (χ1n) is 9.32. The van der Waals surface area contributed by atoms with Gasteiger partial charge in [0, 0.05) is 18.8 Å². The lowest BCUT2D eigenvalue weighted by Crippen LogP contribution is -2.40. The highest BCUT2D eigenvalue weighted by Gasteiger charge is 2.28. The zero-order valence-corrected chi connectivity index (χ0v) is 17.7.